The number of carbonyl (C=O) groups is 2. The van der Waals surface area contributed by atoms with Gasteiger partial charge in [-0.15, -0.1) is 0 Å². The summed E-state index contributed by atoms with van der Waals surface area (Å²) in [4.78, 5) is 20.2. The summed E-state index contributed by atoms with van der Waals surface area (Å²) in [6, 6.07) is 0. The summed E-state index contributed by atoms with van der Waals surface area (Å²) < 4.78 is 0. The molecule has 0 heterocycles. The highest BCUT2D eigenvalue weighted by Crippen LogP contribution is 2.05. The van der Waals surface area contributed by atoms with Crippen molar-refractivity contribution >= 4 is 24.5 Å². The van der Waals surface area contributed by atoms with E-state index in [1.807, 2.05) is 0 Å². The fraction of sp³-hybridized carbons (Fsp3) is 0.800. The molecule has 0 aromatic rings. The van der Waals surface area contributed by atoms with Gasteiger partial charge in [-0.2, -0.15) is 12.6 Å². The zero-order chi connectivity index (χ0) is 13.1. The minimum atomic E-state index is -0.940. The van der Waals surface area contributed by atoms with Crippen molar-refractivity contribution in [2.24, 2.45) is 5.92 Å². The van der Waals surface area contributed by atoms with E-state index in [1.165, 1.54) is 13.8 Å². The Morgan fingerprint density at radius 3 is 2.06 bits per heavy atom. The molecule has 16 heavy (non-hydrogen) atoms. The molecule has 0 saturated heterocycles. The zero-order valence-electron chi connectivity index (χ0n) is 9.93. The molecule has 0 bridgehead atoms. The van der Waals surface area contributed by atoms with Gasteiger partial charge < -0.3 is 15.5 Å². The molecule has 0 radical (unpaired) electrons. The molecule has 0 rings (SSSR count). The van der Waals surface area contributed by atoms with Crippen molar-refractivity contribution < 1.29 is 19.8 Å². The predicted molar refractivity (Wildman–Crippen MR) is 65.6 cm³/mol. The number of amides is 1. The van der Waals surface area contributed by atoms with E-state index in [4.69, 9.17) is 10.2 Å². The summed E-state index contributed by atoms with van der Waals surface area (Å²) in [6.45, 7) is 5.41. The first kappa shape index (κ1) is 17.6. The number of carboxylic acid groups (broad SMARTS) is 1. The highest BCUT2D eigenvalue weighted by molar-refractivity contribution is 7.80. The first-order chi connectivity index (χ1) is 7.36. The minimum absolute atomic E-state index is 0.00838. The monoisotopic (exact) mass is 251 g/mol. The molecule has 2 atom stereocenters. The Kier molecular flexibility index (Phi) is 11.9. The Morgan fingerprint density at radius 2 is 1.94 bits per heavy atom. The number of nitrogens with one attached hydrogen (secondary N) is 1. The van der Waals surface area contributed by atoms with Crippen molar-refractivity contribution in [2.45, 2.75) is 33.3 Å². The number of hydrogen-bond donors (Lipinski definition) is 4. The summed E-state index contributed by atoms with van der Waals surface area (Å²) in [6.07, 6.45) is -0.213. The van der Waals surface area contributed by atoms with Gasteiger partial charge in [0.1, 0.15) is 0 Å². The highest BCUT2D eigenvalue weighted by Gasteiger charge is 2.18. The Bertz CT molecular complexity index is 211. The molecule has 0 aromatic heterocycles. The van der Waals surface area contributed by atoms with Crippen LogP contribution in [0.2, 0.25) is 0 Å². The third-order valence-electron chi connectivity index (χ3n) is 1.87. The van der Waals surface area contributed by atoms with Crippen molar-refractivity contribution in [1.29, 1.82) is 0 Å². The van der Waals surface area contributed by atoms with Crippen molar-refractivity contribution in [2.75, 3.05) is 12.3 Å². The van der Waals surface area contributed by atoms with E-state index in [-0.39, 0.29) is 5.91 Å². The number of carbonyl (C=O) groups excluding carboxylic acids is 1. The van der Waals surface area contributed by atoms with Gasteiger partial charge in [0.2, 0.25) is 5.91 Å². The van der Waals surface area contributed by atoms with Crippen LogP contribution in [0.3, 0.4) is 0 Å². The van der Waals surface area contributed by atoms with Gasteiger partial charge in [0.15, 0.2) is 0 Å². The van der Waals surface area contributed by atoms with Crippen LogP contribution in [-0.2, 0) is 9.59 Å². The molecule has 0 fully saturated rings. The van der Waals surface area contributed by atoms with Gasteiger partial charge in [-0.25, -0.2) is 0 Å². The Labute approximate surface area is 102 Å². The molecule has 0 spiro atoms. The van der Waals surface area contributed by atoms with E-state index in [9.17, 15) is 9.59 Å². The lowest BCUT2D eigenvalue weighted by Gasteiger charge is -2.10. The van der Waals surface area contributed by atoms with Gasteiger partial charge >= 0.3 is 5.97 Å². The molecule has 5 nitrogen and oxygen atoms in total. The van der Waals surface area contributed by atoms with Crippen LogP contribution in [0.5, 0.6) is 0 Å². The largest absolute Gasteiger partial charge is 0.481 e. The van der Waals surface area contributed by atoms with Crippen LogP contribution < -0.4 is 5.32 Å². The average molecular weight is 251 g/mol. The van der Waals surface area contributed by atoms with E-state index in [2.05, 4.69) is 17.9 Å². The third kappa shape index (κ3) is 11.3. The second kappa shape index (κ2) is 10.8. The van der Waals surface area contributed by atoms with Gasteiger partial charge in [-0.3, -0.25) is 9.59 Å². The predicted octanol–water partition coefficient (Wildman–Crippen LogP) is 0.530. The van der Waals surface area contributed by atoms with Crippen molar-refractivity contribution in [3.8, 4) is 0 Å². The second-order valence-electron chi connectivity index (χ2n) is 3.31. The zero-order valence-corrected chi connectivity index (χ0v) is 10.8. The van der Waals surface area contributed by atoms with E-state index in [0.717, 1.165) is 0 Å². The Balaban J connectivity index is 0. The molecule has 6 heteroatoms. The average Bonchev–Trinajstić information content (AvgIpc) is 2.24. The van der Waals surface area contributed by atoms with Gasteiger partial charge in [0.05, 0.1) is 12.0 Å². The highest BCUT2D eigenvalue weighted by atomic mass is 32.1. The topological polar surface area (TPSA) is 86.6 Å². The Hall–Kier alpha value is -0.750. The molecular formula is C10H21NO4S. The van der Waals surface area contributed by atoms with Crippen LogP contribution in [0.15, 0.2) is 0 Å². The fourth-order valence-corrected chi connectivity index (χ4v) is 0.862. The van der Waals surface area contributed by atoms with Gasteiger partial charge in [0.25, 0.3) is 0 Å². The number of aliphatic carboxylic acids is 1. The van der Waals surface area contributed by atoms with Crippen LogP contribution in [0.25, 0.3) is 0 Å². The molecule has 0 aliphatic carbocycles. The number of hydrogen-bond acceptors (Lipinski definition) is 4. The summed E-state index contributed by atoms with van der Waals surface area (Å²) >= 11 is 3.88. The number of aliphatic hydroxyl groups is 1. The van der Waals surface area contributed by atoms with Crippen molar-refractivity contribution in [3.05, 3.63) is 0 Å². The van der Waals surface area contributed by atoms with E-state index >= 15 is 0 Å². The van der Waals surface area contributed by atoms with Gasteiger partial charge in [0, 0.05) is 19.2 Å². The minimum Gasteiger partial charge on any atom is -0.481 e. The summed E-state index contributed by atoms with van der Waals surface area (Å²) in [5.41, 5.74) is 0. The standard InChI is InChI=1S/C6H12O3.C4H9NOS/c1-3-5(7)4(2)6(8)9;1-4(6)5-2-3-7/h4-5,7H,3H2,1-2H3,(H,8,9);7H,2-3H2,1H3,(H,5,6). The molecule has 0 aromatic carbocycles. The first-order valence-corrected chi connectivity index (χ1v) is 5.76. The van der Waals surface area contributed by atoms with Gasteiger partial charge in [-0.05, 0) is 13.3 Å². The summed E-state index contributed by atoms with van der Waals surface area (Å²) in [5.74, 6) is -0.868. The van der Waals surface area contributed by atoms with E-state index < -0.39 is 18.0 Å². The maximum Gasteiger partial charge on any atom is 0.308 e. The molecular weight excluding hydrogens is 230 g/mol. The summed E-state index contributed by atoms with van der Waals surface area (Å²) in [5, 5.41) is 19.8. The molecule has 96 valence electrons. The van der Waals surface area contributed by atoms with Crippen molar-refractivity contribution in [3.63, 3.8) is 0 Å². The molecule has 0 aliphatic rings. The second-order valence-corrected chi connectivity index (χ2v) is 3.76. The number of thiol groups is 1. The number of aliphatic hydroxyl groups excluding tert-OH is 1. The number of rotatable bonds is 5. The van der Waals surface area contributed by atoms with Crippen LogP contribution in [0, 0.1) is 5.92 Å². The summed E-state index contributed by atoms with van der Waals surface area (Å²) in [7, 11) is 0. The van der Waals surface area contributed by atoms with Crippen LogP contribution in [-0.4, -0.2) is 40.5 Å². The van der Waals surface area contributed by atoms with Crippen molar-refractivity contribution in [1.82, 2.24) is 5.32 Å². The smallest absolute Gasteiger partial charge is 0.308 e. The molecule has 1 amide bonds. The molecule has 3 N–H and O–H groups in total. The maximum absolute atomic E-state index is 10.1. The molecule has 2 unspecified atom stereocenters. The van der Waals surface area contributed by atoms with Crippen LogP contribution in [0.4, 0.5) is 0 Å². The molecule has 0 saturated carbocycles. The normalized spacial score (nSPS) is 13.1. The fourth-order valence-electron chi connectivity index (χ4n) is 0.750. The Morgan fingerprint density at radius 1 is 1.44 bits per heavy atom. The van der Waals surface area contributed by atoms with Gasteiger partial charge in [-0.1, -0.05) is 6.92 Å². The maximum atomic E-state index is 10.1. The van der Waals surface area contributed by atoms with Crippen LogP contribution >= 0.6 is 12.6 Å². The quantitative estimate of drug-likeness (QED) is 0.537. The lowest BCUT2D eigenvalue weighted by molar-refractivity contribution is -0.144. The van der Waals surface area contributed by atoms with Crippen LogP contribution in [0.1, 0.15) is 27.2 Å². The van der Waals surface area contributed by atoms with E-state index in [0.29, 0.717) is 18.7 Å². The lowest BCUT2D eigenvalue weighted by Crippen LogP contribution is -2.24. The first-order valence-electron chi connectivity index (χ1n) is 5.12. The lowest BCUT2D eigenvalue weighted by atomic mass is 10.0. The SMILES string of the molecule is CC(=O)NCCS.CCC(O)C(C)C(=O)O. The molecule has 0 aliphatic heterocycles. The number of carboxylic acids is 1. The third-order valence-corrected chi connectivity index (χ3v) is 2.09. The van der Waals surface area contributed by atoms with E-state index in [1.54, 1.807) is 6.92 Å².